The molecule has 0 amide bonds. The van der Waals surface area contributed by atoms with Crippen LogP contribution in [0.15, 0.2) is 47.4 Å². The highest BCUT2D eigenvalue weighted by Gasteiger charge is 2.48. The van der Waals surface area contributed by atoms with Gasteiger partial charge in [-0.2, -0.15) is 0 Å². The van der Waals surface area contributed by atoms with E-state index >= 15 is 0 Å². The van der Waals surface area contributed by atoms with Gasteiger partial charge < -0.3 is 4.74 Å². The summed E-state index contributed by atoms with van der Waals surface area (Å²) < 4.78 is 33.9. The molecule has 4 rings (SSSR count). The van der Waals surface area contributed by atoms with Crippen molar-refractivity contribution in [2.75, 3.05) is 13.2 Å². The fraction of sp³-hybridized carbons (Fsp3) is 0.444. The van der Waals surface area contributed by atoms with E-state index < -0.39 is 10.0 Å². The van der Waals surface area contributed by atoms with E-state index in [1.54, 1.807) is 12.1 Å². The number of hydrogen-bond acceptors (Lipinski definition) is 3. The Kier molecular flexibility index (Phi) is 3.67. The molecule has 2 aromatic carbocycles. The van der Waals surface area contributed by atoms with Crippen LogP contribution >= 0.6 is 0 Å². The largest absolute Gasteiger partial charge is 0.381 e. The summed E-state index contributed by atoms with van der Waals surface area (Å²) in [5.74, 6) is 0. The van der Waals surface area contributed by atoms with Crippen LogP contribution in [0.3, 0.4) is 0 Å². The van der Waals surface area contributed by atoms with Gasteiger partial charge in [0.25, 0.3) is 0 Å². The van der Waals surface area contributed by atoms with Crippen molar-refractivity contribution in [1.82, 2.24) is 4.72 Å². The van der Waals surface area contributed by atoms with Gasteiger partial charge in [0.2, 0.25) is 10.0 Å². The fourth-order valence-corrected chi connectivity index (χ4v) is 5.25. The number of sulfonamides is 1. The molecular formula is C18H21NO3S. The van der Waals surface area contributed by atoms with E-state index in [9.17, 15) is 8.42 Å². The van der Waals surface area contributed by atoms with Gasteiger partial charge in [0.15, 0.2) is 0 Å². The molecule has 1 aliphatic carbocycles. The number of ether oxygens (including phenoxy) is 1. The normalized spacial score (nSPS) is 23.7. The summed E-state index contributed by atoms with van der Waals surface area (Å²) in [5, 5.41) is 2.00. The Labute approximate surface area is 136 Å². The second-order valence-electron chi connectivity index (χ2n) is 6.70. The first-order valence-corrected chi connectivity index (χ1v) is 9.66. The maximum absolute atomic E-state index is 12.8. The Hall–Kier alpha value is -1.43. The average molecular weight is 331 g/mol. The Morgan fingerprint density at radius 3 is 2.43 bits per heavy atom. The lowest BCUT2D eigenvalue weighted by molar-refractivity contribution is -0.0483. The van der Waals surface area contributed by atoms with Gasteiger partial charge in [-0.05, 0) is 54.0 Å². The van der Waals surface area contributed by atoms with E-state index in [1.165, 1.54) is 0 Å². The Bertz CT molecular complexity index is 825. The topological polar surface area (TPSA) is 55.4 Å². The number of nitrogens with one attached hydrogen (secondary N) is 1. The van der Waals surface area contributed by atoms with E-state index in [2.05, 4.69) is 4.72 Å². The summed E-state index contributed by atoms with van der Waals surface area (Å²) in [6, 6.07) is 13.2. The highest BCUT2D eigenvalue weighted by atomic mass is 32.2. The van der Waals surface area contributed by atoms with Crippen molar-refractivity contribution in [3.8, 4) is 0 Å². The summed E-state index contributed by atoms with van der Waals surface area (Å²) in [6.07, 6.45) is 3.93. The van der Waals surface area contributed by atoms with Crippen LogP contribution in [0, 0.1) is 5.41 Å². The van der Waals surface area contributed by atoms with Crippen molar-refractivity contribution in [2.24, 2.45) is 5.41 Å². The molecule has 1 aliphatic heterocycles. The minimum Gasteiger partial charge on any atom is -0.381 e. The standard InChI is InChI=1S/C18H21NO3S/c20-23(21,16-6-5-14-3-1-2-4-15(14)13-16)19-17-7-8-18(17)9-11-22-12-10-18/h1-6,13,17,19H,7-12H2. The van der Waals surface area contributed by atoms with Crippen molar-refractivity contribution in [3.05, 3.63) is 42.5 Å². The highest BCUT2D eigenvalue weighted by Crippen LogP contribution is 2.49. The van der Waals surface area contributed by atoms with Gasteiger partial charge in [0.1, 0.15) is 0 Å². The van der Waals surface area contributed by atoms with Crippen LogP contribution in [-0.4, -0.2) is 27.7 Å². The molecule has 0 radical (unpaired) electrons. The van der Waals surface area contributed by atoms with Crippen molar-refractivity contribution < 1.29 is 13.2 Å². The quantitative estimate of drug-likeness (QED) is 0.940. The number of rotatable bonds is 3. The van der Waals surface area contributed by atoms with Crippen LogP contribution in [0.4, 0.5) is 0 Å². The van der Waals surface area contributed by atoms with Gasteiger partial charge in [-0.1, -0.05) is 30.3 Å². The van der Waals surface area contributed by atoms with Crippen molar-refractivity contribution >= 4 is 20.8 Å². The molecule has 1 saturated heterocycles. The summed E-state index contributed by atoms with van der Waals surface area (Å²) >= 11 is 0. The van der Waals surface area contributed by atoms with Crippen LogP contribution < -0.4 is 4.72 Å². The van der Waals surface area contributed by atoms with Crippen molar-refractivity contribution in [3.63, 3.8) is 0 Å². The highest BCUT2D eigenvalue weighted by molar-refractivity contribution is 7.89. The molecule has 4 nitrogen and oxygen atoms in total. The van der Waals surface area contributed by atoms with Crippen molar-refractivity contribution in [2.45, 2.75) is 36.6 Å². The van der Waals surface area contributed by atoms with Crippen molar-refractivity contribution in [1.29, 1.82) is 0 Å². The van der Waals surface area contributed by atoms with Crippen LogP contribution in [-0.2, 0) is 14.8 Å². The van der Waals surface area contributed by atoms with E-state index in [-0.39, 0.29) is 11.5 Å². The first kappa shape index (κ1) is 15.1. The minimum atomic E-state index is -3.48. The van der Waals surface area contributed by atoms with Gasteiger partial charge in [-0.25, -0.2) is 13.1 Å². The van der Waals surface area contributed by atoms with E-state index in [1.807, 2.05) is 30.3 Å². The first-order chi connectivity index (χ1) is 11.1. The molecule has 1 spiro atoms. The summed E-state index contributed by atoms with van der Waals surface area (Å²) in [5.41, 5.74) is 0.113. The predicted molar refractivity (Wildman–Crippen MR) is 89.8 cm³/mol. The van der Waals surface area contributed by atoms with Crippen LogP contribution in [0.25, 0.3) is 10.8 Å². The second kappa shape index (κ2) is 5.58. The molecule has 0 bridgehead atoms. The SMILES string of the molecule is O=S(=O)(NC1CCC12CCOCC2)c1ccc2ccccc2c1. The molecule has 2 aromatic rings. The van der Waals surface area contributed by atoms with Gasteiger partial charge >= 0.3 is 0 Å². The van der Waals surface area contributed by atoms with Gasteiger partial charge in [0, 0.05) is 19.3 Å². The van der Waals surface area contributed by atoms with Crippen LogP contribution in [0.5, 0.6) is 0 Å². The summed E-state index contributed by atoms with van der Waals surface area (Å²) in [4.78, 5) is 0.352. The monoisotopic (exact) mass is 331 g/mol. The average Bonchev–Trinajstić information content (AvgIpc) is 2.59. The number of hydrogen-bond donors (Lipinski definition) is 1. The second-order valence-corrected chi connectivity index (χ2v) is 8.41. The molecule has 5 heteroatoms. The van der Waals surface area contributed by atoms with Crippen LogP contribution in [0.2, 0.25) is 0 Å². The third-order valence-electron chi connectivity index (χ3n) is 5.49. The zero-order valence-electron chi connectivity index (χ0n) is 13.0. The molecule has 1 atom stereocenters. The zero-order chi connectivity index (χ0) is 15.9. The molecule has 2 aliphatic rings. The Morgan fingerprint density at radius 2 is 1.74 bits per heavy atom. The van der Waals surface area contributed by atoms with E-state index in [0.717, 1.165) is 49.7 Å². The lowest BCUT2D eigenvalue weighted by Crippen LogP contribution is -2.57. The lowest BCUT2D eigenvalue weighted by atomic mass is 9.60. The smallest absolute Gasteiger partial charge is 0.240 e. The Balaban J connectivity index is 1.59. The fourth-order valence-electron chi connectivity index (χ4n) is 3.85. The van der Waals surface area contributed by atoms with Crippen LogP contribution in [0.1, 0.15) is 25.7 Å². The molecule has 1 heterocycles. The molecular weight excluding hydrogens is 310 g/mol. The maximum atomic E-state index is 12.8. The van der Waals surface area contributed by atoms with Gasteiger partial charge in [-0.3, -0.25) is 0 Å². The first-order valence-electron chi connectivity index (χ1n) is 8.18. The molecule has 1 N–H and O–H groups in total. The zero-order valence-corrected chi connectivity index (χ0v) is 13.8. The van der Waals surface area contributed by atoms with Gasteiger partial charge in [0.05, 0.1) is 4.90 Å². The number of fused-ring (bicyclic) bond motifs is 1. The third kappa shape index (κ3) is 2.67. The van der Waals surface area contributed by atoms with E-state index in [0.29, 0.717) is 4.90 Å². The molecule has 1 saturated carbocycles. The molecule has 1 unspecified atom stereocenters. The predicted octanol–water partition coefficient (Wildman–Crippen LogP) is 3.08. The molecule has 0 aromatic heterocycles. The Morgan fingerprint density at radius 1 is 1.00 bits per heavy atom. The summed E-state index contributed by atoms with van der Waals surface area (Å²) in [7, 11) is -3.48. The summed E-state index contributed by atoms with van der Waals surface area (Å²) in [6.45, 7) is 1.49. The third-order valence-corrected chi connectivity index (χ3v) is 6.96. The van der Waals surface area contributed by atoms with Gasteiger partial charge in [-0.15, -0.1) is 0 Å². The number of benzene rings is 2. The molecule has 2 fully saturated rings. The minimum absolute atomic E-state index is 0.0443. The maximum Gasteiger partial charge on any atom is 0.240 e. The lowest BCUT2D eigenvalue weighted by Gasteiger charge is -2.51. The van der Waals surface area contributed by atoms with E-state index in [4.69, 9.17) is 4.74 Å². The molecule has 23 heavy (non-hydrogen) atoms. The molecule has 122 valence electrons.